The van der Waals surface area contributed by atoms with Gasteiger partial charge in [0, 0.05) is 13.1 Å². The minimum absolute atomic E-state index is 0.523. The van der Waals surface area contributed by atoms with Gasteiger partial charge in [-0.15, -0.1) is 0 Å². The molecule has 0 aliphatic carbocycles. The zero-order chi connectivity index (χ0) is 13.7. The third-order valence-corrected chi connectivity index (χ3v) is 3.06. The van der Waals surface area contributed by atoms with Gasteiger partial charge in [-0.05, 0) is 25.0 Å². The Labute approximate surface area is 118 Å². The van der Waals surface area contributed by atoms with E-state index in [4.69, 9.17) is 11.6 Å². The summed E-state index contributed by atoms with van der Waals surface area (Å²) in [5.74, 6) is 1.23. The van der Waals surface area contributed by atoms with Crippen LogP contribution in [0.3, 0.4) is 0 Å². The zero-order valence-electron chi connectivity index (χ0n) is 11.1. The molecule has 0 saturated heterocycles. The van der Waals surface area contributed by atoms with E-state index in [2.05, 4.69) is 39.7 Å². The Morgan fingerprint density at radius 2 is 2.00 bits per heavy atom. The van der Waals surface area contributed by atoms with Crippen molar-refractivity contribution in [1.82, 2.24) is 9.97 Å². The summed E-state index contributed by atoms with van der Waals surface area (Å²) in [5.41, 5.74) is 2.47. The molecule has 0 unspecified atom stereocenters. The molecule has 0 saturated carbocycles. The SMILES string of the molecule is CCNc1ncc(Cl)c(NCc2ccccc2C)n1. The summed E-state index contributed by atoms with van der Waals surface area (Å²) in [4.78, 5) is 8.45. The van der Waals surface area contributed by atoms with E-state index in [9.17, 15) is 0 Å². The molecule has 0 spiro atoms. The molecule has 0 fully saturated rings. The van der Waals surface area contributed by atoms with Crippen LogP contribution in [0.4, 0.5) is 11.8 Å². The van der Waals surface area contributed by atoms with Crippen molar-refractivity contribution >= 4 is 23.4 Å². The molecule has 5 heteroatoms. The van der Waals surface area contributed by atoms with Crippen LogP contribution in [0.15, 0.2) is 30.5 Å². The van der Waals surface area contributed by atoms with Crippen molar-refractivity contribution in [2.24, 2.45) is 0 Å². The summed E-state index contributed by atoms with van der Waals surface area (Å²) in [6.45, 7) is 5.55. The Morgan fingerprint density at radius 1 is 1.21 bits per heavy atom. The molecule has 1 aromatic heterocycles. The number of rotatable bonds is 5. The molecular weight excluding hydrogens is 260 g/mol. The van der Waals surface area contributed by atoms with Crippen LogP contribution in [-0.4, -0.2) is 16.5 Å². The minimum atomic E-state index is 0.523. The van der Waals surface area contributed by atoms with E-state index in [1.165, 1.54) is 11.1 Å². The second-order valence-electron chi connectivity index (χ2n) is 4.20. The molecule has 2 aromatic rings. The summed E-state index contributed by atoms with van der Waals surface area (Å²) in [5, 5.41) is 6.83. The Hall–Kier alpha value is -1.81. The summed E-state index contributed by atoms with van der Waals surface area (Å²) < 4.78 is 0. The van der Waals surface area contributed by atoms with Crippen LogP contribution in [0.5, 0.6) is 0 Å². The Balaban J connectivity index is 2.10. The van der Waals surface area contributed by atoms with Gasteiger partial charge in [0.2, 0.25) is 5.95 Å². The molecule has 19 heavy (non-hydrogen) atoms. The molecule has 0 aliphatic rings. The quantitative estimate of drug-likeness (QED) is 0.878. The van der Waals surface area contributed by atoms with E-state index >= 15 is 0 Å². The van der Waals surface area contributed by atoms with E-state index in [-0.39, 0.29) is 0 Å². The molecule has 100 valence electrons. The molecule has 0 atom stereocenters. The standard InChI is InChI=1S/C14H17ClN4/c1-3-16-14-18-9-12(15)13(19-14)17-8-11-7-5-4-6-10(11)2/h4-7,9H,3,8H2,1-2H3,(H2,16,17,18,19). The van der Waals surface area contributed by atoms with E-state index in [0.717, 1.165) is 6.54 Å². The molecule has 2 N–H and O–H groups in total. The average Bonchev–Trinajstić information content (AvgIpc) is 2.41. The number of benzene rings is 1. The lowest BCUT2D eigenvalue weighted by Crippen LogP contribution is -2.07. The van der Waals surface area contributed by atoms with Crippen LogP contribution < -0.4 is 10.6 Å². The lowest BCUT2D eigenvalue weighted by Gasteiger charge is -2.10. The lowest BCUT2D eigenvalue weighted by atomic mass is 10.1. The Morgan fingerprint density at radius 3 is 2.74 bits per heavy atom. The van der Waals surface area contributed by atoms with Gasteiger partial charge in [-0.2, -0.15) is 4.98 Å². The highest BCUT2D eigenvalue weighted by Crippen LogP contribution is 2.20. The van der Waals surface area contributed by atoms with Gasteiger partial charge in [0.1, 0.15) is 5.02 Å². The molecule has 2 rings (SSSR count). The number of hydrogen-bond donors (Lipinski definition) is 2. The molecule has 0 aliphatic heterocycles. The smallest absolute Gasteiger partial charge is 0.224 e. The molecule has 0 amide bonds. The van der Waals surface area contributed by atoms with E-state index < -0.39 is 0 Å². The first-order valence-corrected chi connectivity index (χ1v) is 6.63. The number of hydrogen-bond acceptors (Lipinski definition) is 4. The fourth-order valence-electron chi connectivity index (χ4n) is 1.72. The maximum absolute atomic E-state index is 6.09. The van der Waals surface area contributed by atoms with Crippen molar-refractivity contribution in [3.8, 4) is 0 Å². The number of nitrogens with one attached hydrogen (secondary N) is 2. The fraction of sp³-hybridized carbons (Fsp3) is 0.286. The summed E-state index contributed by atoms with van der Waals surface area (Å²) in [7, 11) is 0. The first kappa shape index (κ1) is 13.6. The Kier molecular flexibility index (Phi) is 4.58. The third kappa shape index (κ3) is 3.58. The first-order chi connectivity index (χ1) is 9.20. The third-order valence-electron chi connectivity index (χ3n) is 2.79. The van der Waals surface area contributed by atoms with Crippen LogP contribution in [0, 0.1) is 6.92 Å². The number of aryl methyl sites for hydroxylation is 1. The number of anilines is 2. The van der Waals surface area contributed by atoms with Crippen molar-refractivity contribution in [1.29, 1.82) is 0 Å². The number of nitrogens with zero attached hydrogens (tertiary/aromatic N) is 2. The maximum Gasteiger partial charge on any atom is 0.224 e. The zero-order valence-corrected chi connectivity index (χ0v) is 11.8. The minimum Gasteiger partial charge on any atom is -0.365 e. The molecule has 1 aromatic carbocycles. The van der Waals surface area contributed by atoms with Gasteiger partial charge in [-0.25, -0.2) is 4.98 Å². The fourth-order valence-corrected chi connectivity index (χ4v) is 1.88. The number of halogens is 1. The van der Waals surface area contributed by atoms with E-state index in [1.807, 2.05) is 19.1 Å². The molecule has 1 heterocycles. The second-order valence-corrected chi connectivity index (χ2v) is 4.61. The van der Waals surface area contributed by atoms with Crippen LogP contribution in [0.2, 0.25) is 5.02 Å². The van der Waals surface area contributed by atoms with Crippen molar-refractivity contribution < 1.29 is 0 Å². The topological polar surface area (TPSA) is 49.8 Å². The van der Waals surface area contributed by atoms with Crippen molar-refractivity contribution in [2.45, 2.75) is 20.4 Å². The van der Waals surface area contributed by atoms with Crippen molar-refractivity contribution in [3.05, 3.63) is 46.6 Å². The van der Waals surface area contributed by atoms with Crippen LogP contribution in [0.1, 0.15) is 18.1 Å². The van der Waals surface area contributed by atoms with Crippen molar-refractivity contribution in [3.63, 3.8) is 0 Å². The maximum atomic E-state index is 6.09. The normalized spacial score (nSPS) is 10.3. The van der Waals surface area contributed by atoms with E-state index in [1.54, 1.807) is 6.20 Å². The predicted octanol–water partition coefficient (Wildman–Crippen LogP) is 3.48. The van der Waals surface area contributed by atoms with Crippen molar-refractivity contribution in [2.75, 3.05) is 17.2 Å². The van der Waals surface area contributed by atoms with Gasteiger partial charge >= 0.3 is 0 Å². The first-order valence-electron chi connectivity index (χ1n) is 6.25. The van der Waals surface area contributed by atoms with Crippen LogP contribution >= 0.6 is 11.6 Å². The second kappa shape index (κ2) is 6.38. The summed E-state index contributed by atoms with van der Waals surface area (Å²) >= 11 is 6.09. The lowest BCUT2D eigenvalue weighted by molar-refractivity contribution is 1.05. The largest absolute Gasteiger partial charge is 0.365 e. The molecule has 0 radical (unpaired) electrons. The monoisotopic (exact) mass is 276 g/mol. The highest BCUT2D eigenvalue weighted by atomic mass is 35.5. The van der Waals surface area contributed by atoms with Crippen LogP contribution in [-0.2, 0) is 6.54 Å². The highest BCUT2D eigenvalue weighted by molar-refractivity contribution is 6.32. The van der Waals surface area contributed by atoms with Gasteiger partial charge in [-0.3, -0.25) is 0 Å². The predicted molar refractivity (Wildman–Crippen MR) is 79.7 cm³/mol. The van der Waals surface area contributed by atoms with Gasteiger partial charge < -0.3 is 10.6 Å². The van der Waals surface area contributed by atoms with E-state index in [0.29, 0.717) is 23.3 Å². The molecular formula is C14H17ClN4. The summed E-state index contributed by atoms with van der Waals surface area (Å²) in [6.07, 6.45) is 1.60. The summed E-state index contributed by atoms with van der Waals surface area (Å²) in [6, 6.07) is 8.22. The molecule has 4 nitrogen and oxygen atoms in total. The highest BCUT2D eigenvalue weighted by Gasteiger charge is 2.05. The van der Waals surface area contributed by atoms with Gasteiger partial charge in [0.25, 0.3) is 0 Å². The number of aromatic nitrogens is 2. The van der Waals surface area contributed by atoms with Gasteiger partial charge in [0.15, 0.2) is 5.82 Å². The van der Waals surface area contributed by atoms with Gasteiger partial charge in [-0.1, -0.05) is 35.9 Å². The average molecular weight is 277 g/mol. The van der Waals surface area contributed by atoms with Gasteiger partial charge in [0.05, 0.1) is 6.20 Å². The van der Waals surface area contributed by atoms with Crippen LogP contribution in [0.25, 0.3) is 0 Å². The Bertz CT molecular complexity index is 557. The molecule has 0 bridgehead atoms.